The Morgan fingerprint density at radius 1 is 0.806 bits per heavy atom. The lowest BCUT2D eigenvalue weighted by Gasteiger charge is -2.22. The number of anilines is 2. The van der Waals surface area contributed by atoms with Crippen molar-refractivity contribution in [2.75, 3.05) is 23.7 Å². The number of rotatable bonds is 6. The molecule has 0 radical (unpaired) electrons. The van der Waals surface area contributed by atoms with Gasteiger partial charge in [-0.1, -0.05) is 18.9 Å². The third-order valence-electron chi connectivity index (χ3n) is 8.56. The molecular weight excluding hydrogens is 388 g/mol. The van der Waals surface area contributed by atoms with Crippen LogP contribution in [0.25, 0.3) is 0 Å². The van der Waals surface area contributed by atoms with Crippen LogP contribution in [0.4, 0.5) is 21.0 Å². The van der Waals surface area contributed by atoms with Gasteiger partial charge in [0, 0.05) is 24.5 Å². The number of aryl methyl sites for hydroxylation is 1. The summed E-state index contributed by atoms with van der Waals surface area (Å²) < 4.78 is 0. The lowest BCUT2D eigenvalue weighted by atomic mass is 9.89. The summed E-state index contributed by atoms with van der Waals surface area (Å²) in [5, 5.41) is 12.0. The second-order valence-electron chi connectivity index (χ2n) is 10.6. The van der Waals surface area contributed by atoms with Crippen LogP contribution < -0.4 is 21.3 Å². The van der Waals surface area contributed by atoms with Crippen LogP contribution in [0.2, 0.25) is 0 Å². The number of carbonyl (C=O) groups excluding carboxylic acids is 2. The fourth-order valence-electron chi connectivity index (χ4n) is 6.88. The molecule has 4 fully saturated rings. The van der Waals surface area contributed by atoms with Crippen molar-refractivity contribution < 1.29 is 9.59 Å². The van der Waals surface area contributed by atoms with Gasteiger partial charge in [-0.15, -0.1) is 0 Å². The monoisotopic (exact) mass is 424 g/mol. The van der Waals surface area contributed by atoms with E-state index in [1.165, 1.54) is 51.4 Å². The topological polar surface area (TPSA) is 82.3 Å². The molecule has 6 atom stereocenters. The Bertz CT molecular complexity index is 841. The van der Waals surface area contributed by atoms with Crippen LogP contribution in [0.1, 0.15) is 56.9 Å². The molecule has 1 aromatic carbocycles. The van der Waals surface area contributed by atoms with E-state index in [1.807, 2.05) is 25.1 Å². The van der Waals surface area contributed by atoms with E-state index in [4.69, 9.17) is 0 Å². The van der Waals surface area contributed by atoms with Crippen molar-refractivity contribution in [1.82, 2.24) is 10.6 Å². The zero-order valence-electron chi connectivity index (χ0n) is 18.6. The molecule has 0 spiro atoms. The van der Waals surface area contributed by atoms with Gasteiger partial charge in [-0.2, -0.15) is 0 Å². The minimum Gasteiger partial charge on any atom is -0.338 e. The lowest BCUT2D eigenvalue weighted by Crippen LogP contribution is -2.35. The Balaban J connectivity index is 1.09. The van der Waals surface area contributed by atoms with Gasteiger partial charge >= 0.3 is 12.1 Å². The van der Waals surface area contributed by atoms with E-state index in [2.05, 4.69) is 21.3 Å². The average Bonchev–Trinajstić information content (AvgIpc) is 3.55. The van der Waals surface area contributed by atoms with Gasteiger partial charge in [-0.3, -0.25) is 0 Å². The van der Waals surface area contributed by atoms with Crippen LogP contribution in [0.5, 0.6) is 0 Å². The molecule has 4 amide bonds. The summed E-state index contributed by atoms with van der Waals surface area (Å²) >= 11 is 0. The third-order valence-corrected chi connectivity index (χ3v) is 8.56. The Labute approximate surface area is 185 Å². The smallest absolute Gasteiger partial charge is 0.319 e. The highest BCUT2D eigenvalue weighted by atomic mass is 16.2. The molecule has 168 valence electrons. The van der Waals surface area contributed by atoms with E-state index in [0.29, 0.717) is 17.5 Å². The van der Waals surface area contributed by atoms with Crippen molar-refractivity contribution in [3.8, 4) is 0 Å². The van der Waals surface area contributed by atoms with E-state index in [-0.39, 0.29) is 12.1 Å². The first-order valence-corrected chi connectivity index (χ1v) is 12.2. The molecule has 4 bridgehead atoms. The van der Waals surface area contributed by atoms with Crippen molar-refractivity contribution in [2.45, 2.75) is 58.3 Å². The molecular formula is C25H36N4O2. The molecule has 6 nitrogen and oxygen atoms in total. The van der Waals surface area contributed by atoms with Crippen LogP contribution in [-0.4, -0.2) is 25.2 Å². The minimum atomic E-state index is -0.168. The number of benzene rings is 1. The zero-order chi connectivity index (χ0) is 21.4. The molecule has 4 N–H and O–H groups in total. The number of urea groups is 2. The summed E-state index contributed by atoms with van der Waals surface area (Å²) in [7, 11) is 0. The highest BCUT2D eigenvalue weighted by Crippen LogP contribution is 2.48. The second kappa shape index (κ2) is 8.71. The molecule has 0 aromatic heterocycles. The highest BCUT2D eigenvalue weighted by molar-refractivity contribution is 5.93. The van der Waals surface area contributed by atoms with E-state index < -0.39 is 0 Å². The zero-order valence-corrected chi connectivity index (χ0v) is 18.6. The second-order valence-corrected chi connectivity index (χ2v) is 10.6. The molecule has 1 aromatic rings. The largest absolute Gasteiger partial charge is 0.338 e. The summed E-state index contributed by atoms with van der Waals surface area (Å²) in [5.41, 5.74) is 2.40. The summed E-state index contributed by atoms with van der Waals surface area (Å²) in [6, 6.07) is 5.31. The lowest BCUT2D eigenvalue weighted by molar-refractivity contribution is 0.245. The molecule has 4 aliphatic rings. The highest BCUT2D eigenvalue weighted by Gasteiger charge is 2.40. The van der Waals surface area contributed by atoms with Gasteiger partial charge in [0.15, 0.2) is 0 Å². The first kappa shape index (κ1) is 20.7. The van der Waals surface area contributed by atoms with Gasteiger partial charge in [-0.25, -0.2) is 9.59 Å². The van der Waals surface area contributed by atoms with Gasteiger partial charge < -0.3 is 21.3 Å². The molecule has 0 saturated heterocycles. The molecule has 0 aliphatic heterocycles. The first-order chi connectivity index (χ1) is 15.0. The summed E-state index contributed by atoms with van der Waals surface area (Å²) in [6.45, 7) is 3.48. The van der Waals surface area contributed by atoms with Crippen LogP contribution in [0, 0.1) is 42.4 Å². The van der Waals surface area contributed by atoms with Gasteiger partial charge in [0.05, 0.1) is 0 Å². The van der Waals surface area contributed by atoms with E-state index in [9.17, 15) is 9.59 Å². The van der Waals surface area contributed by atoms with Gasteiger partial charge in [0.1, 0.15) is 0 Å². The van der Waals surface area contributed by atoms with Crippen molar-refractivity contribution >= 4 is 23.4 Å². The maximum Gasteiger partial charge on any atom is 0.319 e. The predicted molar refractivity (Wildman–Crippen MR) is 123 cm³/mol. The van der Waals surface area contributed by atoms with Crippen molar-refractivity contribution in [1.29, 1.82) is 0 Å². The number of hydrogen-bond donors (Lipinski definition) is 4. The summed E-state index contributed by atoms with van der Waals surface area (Å²) in [4.78, 5) is 24.8. The van der Waals surface area contributed by atoms with Crippen LogP contribution >= 0.6 is 0 Å². The normalized spacial score (nSPS) is 32.8. The SMILES string of the molecule is Cc1ccc(NC(=O)NC[C@H]2C[C@H]3CC[C@H]2C3)cc1NC(=O)NC[C@H]1C[C@H]2CC[C@H]1C2. The van der Waals surface area contributed by atoms with E-state index >= 15 is 0 Å². The van der Waals surface area contributed by atoms with Gasteiger partial charge in [-0.05, 0) is 98.7 Å². The average molecular weight is 425 g/mol. The van der Waals surface area contributed by atoms with E-state index in [1.54, 1.807) is 0 Å². The quantitative estimate of drug-likeness (QED) is 0.512. The first-order valence-electron chi connectivity index (χ1n) is 12.2. The number of fused-ring (bicyclic) bond motifs is 4. The Morgan fingerprint density at radius 2 is 1.39 bits per heavy atom. The Hall–Kier alpha value is -2.24. The fourth-order valence-corrected chi connectivity index (χ4v) is 6.88. The maximum atomic E-state index is 12.5. The Kier molecular flexibility index (Phi) is 5.81. The molecule has 6 heteroatoms. The number of amides is 4. The number of nitrogens with one attached hydrogen (secondary N) is 4. The molecule has 4 saturated carbocycles. The molecule has 4 aliphatic carbocycles. The summed E-state index contributed by atoms with van der Waals surface area (Å²) in [6.07, 6.45) is 10.6. The van der Waals surface area contributed by atoms with Crippen molar-refractivity contribution in [3.05, 3.63) is 23.8 Å². The maximum absolute atomic E-state index is 12.5. The van der Waals surface area contributed by atoms with Crippen LogP contribution in [0.15, 0.2) is 18.2 Å². The number of hydrogen-bond acceptors (Lipinski definition) is 2. The molecule has 0 heterocycles. The Morgan fingerprint density at radius 3 is 1.90 bits per heavy atom. The van der Waals surface area contributed by atoms with Crippen LogP contribution in [-0.2, 0) is 0 Å². The van der Waals surface area contributed by atoms with Gasteiger partial charge in [0.25, 0.3) is 0 Å². The molecule has 0 unspecified atom stereocenters. The van der Waals surface area contributed by atoms with Crippen molar-refractivity contribution in [3.63, 3.8) is 0 Å². The van der Waals surface area contributed by atoms with Gasteiger partial charge in [0.2, 0.25) is 0 Å². The molecule has 31 heavy (non-hydrogen) atoms. The molecule has 5 rings (SSSR count). The van der Waals surface area contributed by atoms with Crippen molar-refractivity contribution in [2.24, 2.45) is 35.5 Å². The standard InChI is InChI=1S/C25H36N4O2/c1-15-2-7-22(28-24(30)26-13-20-10-16-3-5-18(20)8-16)12-23(15)29-25(31)27-14-21-11-17-4-6-19(21)9-17/h2,7,12,16-21H,3-6,8-11,13-14H2,1H3,(H2,26,28,30)(H2,27,29,31)/t16-,17-,18-,19-,20+,21+/m0/s1. The summed E-state index contributed by atoms with van der Waals surface area (Å²) in [5.74, 6) is 4.66. The van der Waals surface area contributed by atoms with Crippen LogP contribution in [0.3, 0.4) is 0 Å². The predicted octanol–water partition coefficient (Wildman–Crippen LogP) is 5.11. The minimum absolute atomic E-state index is 0.163. The van der Waals surface area contributed by atoms with E-state index in [0.717, 1.165) is 48.0 Å². The third kappa shape index (κ3) is 4.68. The fraction of sp³-hybridized carbons (Fsp3) is 0.680. The number of carbonyl (C=O) groups is 2.